The maximum Gasteiger partial charge on any atom is 0.120 e. The van der Waals surface area contributed by atoms with E-state index in [9.17, 15) is 0 Å². The maximum atomic E-state index is 6.03. The molecule has 3 rings (SSSR count). The summed E-state index contributed by atoms with van der Waals surface area (Å²) in [6.45, 7) is 6.73. The van der Waals surface area contributed by atoms with Crippen molar-refractivity contribution in [2.24, 2.45) is 0 Å². The van der Waals surface area contributed by atoms with Gasteiger partial charge in [0, 0.05) is 38.1 Å². The molecule has 0 spiro atoms. The van der Waals surface area contributed by atoms with Crippen molar-refractivity contribution in [2.75, 3.05) is 19.7 Å². The third-order valence-corrected chi connectivity index (χ3v) is 4.40. The summed E-state index contributed by atoms with van der Waals surface area (Å²) in [6, 6.07) is 11.0. The third kappa shape index (κ3) is 4.64. The van der Waals surface area contributed by atoms with E-state index >= 15 is 0 Å². The Balaban J connectivity index is 1.53. The summed E-state index contributed by atoms with van der Waals surface area (Å²) in [5.74, 6) is 0.973. The Labute approximate surface area is 138 Å². The molecular formula is C18H26N4O. The molecule has 0 bridgehead atoms. The molecule has 23 heavy (non-hydrogen) atoms. The maximum absolute atomic E-state index is 6.03. The summed E-state index contributed by atoms with van der Waals surface area (Å²) in [7, 11) is 0. The topological polar surface area (TPSA) is 53.2 Å². The van der Waals surface area contributed by atoms with Gasteiger partial charge in [0.1, 0.15) is 5.82 Å². The second kappa shape index (κ2) is 8.24. The molecule has 0 unspecified atom stereocenters. The van der Waals surface area contributed by atoms with Gasteiger partial charge in [-0.3, -0.25) is 4.90 Å². The van der Waals surface area contributed by atoms with Crippen LogP contribution in [0.3, 0.4) is 0 Å². The average molecular weight is 314 g/mol. The fourth-order valence-corrected chi connectivity index (χ4v) is 3.12. The van der Waals surface area contributed by atoms with Gasteiger partial charge in [0.25, 0.3) is 0 Å². The zero-order valence-electron chi connectivity index (χ0n) is 13.7. The van der Waals surface area contributed by atoms with Gasteiger partial charge >= 0.3 is 0 Å². The highest BCUT2D eigenvalue weighted by Crippen LogP contribution is 2.14. The first-order chi connectivity index (χ1) is 11.3. The van der Waals surface area contributed by atoms with Crippen LogP contribution in [0.4, 0.5) is 0 Å². The predicted octanol–water partition coefficient (Wildman–Crippen LogP) is 2.18. The predicted molar refractivity (Wildman–Crippen MR) is 91.0 cm³/mol. The number of aromatic nitrogens is 2. The summed E-state index contributed by atoms with van der Waals surface area (Å²) >= 11 is 0. The average Bonchev–Trinajstić information content (AvgIpc) is 3.10. The second-order valence-corrected chi connectivity index (χ2v) is 6.06. The minimum atomic E-state index is 0.229. The van der Waals surface area contributed by atoms with Gasteiger partial charge in [0.2, 0.25) is 0 Å². The fourth-order valence-electron chi connectivity index (χ4n) is 3.12. The molecule has 0 saturated carbocycles. The van der Waals surface area contributed by atoms with Crippen LogP contribution >= 0.6 is 0 Å². The van der Waals surface area contributed by atoms with Gasteiger partial charge < -0.3 is 15.0 Å². The van der Waals surface area contributed by atoms with E-state index in [4.69, 9.17) is 4.74 Å². The summed E-state index contributed by atoms with van der Waals surface area (Å²) < 4.78 is 6.03. The Kier molecular flexibility index (Phi) is 5.80. The third-order valence-electron chi connectivity index (χ3n) is 4.40. The first kappa shape index (κ1) is 16.2. The summed E-state index contributed by atoms with van der Waals surface area (Å²) in [5.41, 5.74) is 1.37. The van der Waals surface area contributed by atoms with Gasteiger partial charge in [-0.15, -0.1) is 0 Å². The summed E-state index contributed by atoms with van der Waals surface area (Å²) in [6.07, 6.45) is 4.92. The van der Waals surface area contributed by atoms with Crippen LogP contribution in [0.25, 0.3) is 0 Å². The molecule has 0 radical (unpaired) electrons. The lowest BCUT2D eigenvalue weighted by atomic mass is 10.1. The molecule has 1 aliphatic rings. The summed E-state index contributed by atoms with van der Waals surface area (Å²) in [4.78, 5) is 9.89. The van der Waals surface area contributed by atoms with Crippen LogP contribution in [0.5, 0.6) is 0 Å². The minimum absolute atomic E-state index is 0.229. The Morgan fingerprint density at radius 2 is 2.26 bits per heavy atom. The molecule has 5 heteroatoms. The quantitative estimate of drug-likeness (QED) is 0.822. The second-order valence-electron chi connectivity index (χ2n) is 6.06. The normalized spacial score (nSPS) is 20.5. The number of nitrogens with zero attached hydrogens (tertiary/aromatic N) is 2. The van der Waals surface area contributed by atoms with E-state index < -0.39 is 0 Å². The first-order valence-corrected chi connectivity index (χ1v) is 8.44. The van der Waals surface area contributed by atoms with Gasteiger partial charge in [0.15, 0.2) is 0 Å². The van der Waals surface area contributed by atoms with Crippen LogP contribution in [-0.4, -0.2) is 46.7 Å². The van der Waals surface area contributed by atoms with Crippen LogP contribution in [-0.2, 0) is 17.8 Å². The molecule has 0 amide bonds. The van der Waals surface area contributed by atoms with Crippen molar-refractivity contribution in [3.05, 3.63) is 54.1 Å². The summed E-state index contributed by atoms with van der Waals surface area (Å²) in [5, 5.41) is 3.58. The van der Waals surface area contributed by atoms with Crippen molar-refractivity contribution in [3.63, 3.8) is 0 Å². The van der Waals surface area contributed by atoms with Crippen molar-refractivity contribution in [3.8, 4) is 0 Å². The Bertz CT molecular complexity index is 558. The molecule has 0 aliphatic carbocycles. The van der Waals surface area contributed by atoms with Crippen molar-refractivity contribution in [2.45, 2.75) is 38.6 Å². The van der Waals surface area contributed by atoms with Crippen LogP contribution in [0.2, 0.25) is 0 Å². The number of benzene rings is 1. The van der Waals surface area contributed by atoms with Gasteiger partial charge in [-0.2, -0.15) is 0 Å². The van der Waals surface area contributed by atoms with E-state index in [1.807, 2.05) is 6.20 Å². The number of aromatic amines is 1. The number of rotatable bonds is 7. The molecule has 2 atom stereocenters. The lowest BCUT2D eigenvalue weighted by Crippen LogP contribution is -2.51. The van der Waals surface area contributed by atoms with Crippen LogP contribution in [0.1, 0.15) is 24.7 Å². The number of hydrogen-bond acceptors (Lipinski definition) is 4. The lowest BCUT2D eigenvalue weighted by Gasteiger charge is -2.37. The molecule has 2 N–H and O–H groups in total. The van der Waals surface area contributed by atoms with Gasteiger partial charge in [0.05, 0.1) is 19.3 Å². The zero-order valence-corrected chi connectivity index (χ0v) is 13.7. The highest BCUT2D eigenvalue weighted by Gasteiger charge is 2.27. The molecule has 124 valence electrons. The van der Waals surface area contributed by atoms with Crippen LogP contribution < -0.4 is 5.32 Å². The monoisotopic (exact) mass is 314 g/mol. The van der Waals surface area contributed by atoms with Crippen molar-refractivity contribution in [1.29, 1.82) is 0 Å². The standard InChI is InChI=1S/C18H26N4O/c1-2-16(21-12-18-19-8-9-20-18)17-14-22(10-11-23-17)13-15-6-4-3-5-7-15/h3-9,16-17,21H,2,10-14H2,1H3,(H,19,20)/t16-,17-/m1/s1. The lowest BCUT2D eigenvalue weighted by molar-refractivity contribution is -0.0499. The zero-order chi connectivity index (χ0) is 15.9. The molecule has 1 fully saturated rings. The van der Waals surface area contributed by atoms with E-state index in [0.29, 0.717) is 6.04 Å². The Morgan fingerprint density at radius 1 is 1.39 bits per heavy atom. The SMILES string of the molecule is CC[C@@H](NCc1ncc[nH]1)[C@H]1CN(Cc2ccccc2)CCO1. The van der Waals surface area contributed by atoms with E-state index in [0.717, 1.165) is 45.0 Å². The number of H-pyrrole nitrogens is 1. The van der Waals surface area contributed by atoms with Gasteiger partial charge in [-0.05, 0) is 12.0 Å². The van der Waals surface area contributed by atoms with Crippen molar-refractivity contribution >= 4 is 0 Å². The van der Waals surface area contributed by atoms with Crippen molar-refractivity contribution < 1.29 is 4.74 Å². The van der Waals surface area contributed by atoms with E-state index in [1.54, 1.807) is 6.20 Å². The molecule has 5 nitrogen and oxygen atoms in total. The molecular weight excluding hydrogens is 288 g/mol. The Hall–Kier alpha value is -1.69. The molecule has 1 aromatic heterocycles. The smallest absolute Gasteiger partial charge is 0.120 e. The minimum Gasteiger partial charge on any atom is -0.374 e. The number of nitrogens with one attached hydrogen (secondary N) is 2. The van der Waals surface area contributed by atoms with Gasteiger partial charge in [-0.1, -0.05) is 37.3 Å². The fraction of sp³-hybridized carbons (Fsp3) is 0.500. The molecule has 1 aromatic carbocycles. The highest BCUT2D eigenvalue weighted by molar-refractivity contribution is 5.14. The molecule has 2 aromatic rings. The molecule has 2 heterocycles. The van der Waals surface area contributed by atoms with E-state index in [2.05, 4.69) is 57.4 Å². The van der Waals surface area contributed by atoms with Crippen LogP contribution in [0, 0.1) is 0 Å². The van der Waals surface area contributed by atoms with Gasteiger partial charge in [-0.25, -0.2) is 4.98 Å². The highest BCUT2D eigenvalue weighted by atomic mass is 16.5. The largest absolute Gasteiger partial charge is 0.374 e. The molecule has 1 aliphatic heterocycles. The van der Waals surface area contributed by atoms with E-state index in [1.165, 1.54) is 5.56 Å². The number of imidazole rings is 1. The number of ether oxygens (including phenoxy) is 1. The van der Waals surface area contributed by atoms with Crippen LogP contribution in [0.15, 0.2) is 42.7 Å². The Morgan fingerprint density at radius 3 is 3.00 bits per heavy atom. The van der Waals surface area contributed by atoms with E-state index in [-0.39, 0.29) is 6.10 Å². The first-order valence-electron chi connectivity index (χ1n) is 8.44. The number of morpholine rings is 1. The van der Waals surface area contributed by atoms with Crippen molar-refractivity contribution in [1.82, 2.24) is 20.2 Å². The number of hydrogen-bond donors (Lipinski definition) is 2. The molecule has 1 saturated heterocycles.